The Labute approximate surface area is 408 Å². The van der Waals surface area contributed by atoms with Gasteiger partial charge < -0.3 is 45.1 Å². The van der Waals surface area contributed by atoms with Crippen LogP contribution in [0.3, 0.4) is 0 Å². The quantitative estimate of drug-likeness (QED) is 0.0196. The Kier molecular flexibility index (Phi) is 41.5. The first kappa shape index (κ1) is 62.4. The van der Waals surface area contributed by atoms with E-state index >= 15 is 0 Å². The fraction of sp³-hybridized carbons (Fsp3) is 0.786. The van der Waals surface area contributed by atoms with E-state index in [1.165, 1.54) is 89.9 Å². The van der Waals surface area contributed by atoms with Gasteiger partial charge in [0.05, 0.1) is 25.4 Å². The molecule has 1 aliphatic rings. The van der Waals surface area contributed by atoms with Gasteiger partial charge in [0.15, 0.2) is 12.4 Å². The zero-order chi connectivity index (χ0) is 49.0. The molecule has 1 aliphatic heterocycles. The summed E-state index contributed by atoms with van der Waals surface area (Å²) >= 11 is 0. The van der Waals surface area contributed by atoms with Crippen LogP contribution in [-0.4, -0.2) is 99.6 Å². The van der Waals surface area contributed by atoms with Crippen LogP contribution in [0.5, 0.6) is 0 Å². The molecule has 1 amide bonds. The first-order valence-corrected chi connectivity index (χ1v) is 27.1. The number of allylic oxidation sites excluding steroid dienone is 8. The van der Waals surface area contributed by atoms with E-state index in [0.717, 1.165) is 83.5 Å². The Bertz CT molecular complexity index is 1320. The zero-order valence-corrected chi connectivity index (χ0v) is 42.5. The Balaban J connectivity index is 2.81. The van der Waals surface area contributed by atoms with E-state index in [4.69, 9.17) is 14.2 Å². The molecule has 0 saturated carbocycles. The summed E-state index contributed by atoms with van der Waals surface area (Å²) in [6, 6.07) is -1.05. The van der Waals surface area contributed by atoms with Crippen molar-refractivity contribution in [2.45, 2.75) is 269 Å². The third kappa shape index (κ3) is 33.5. The fourth-order valence-electron chi connectivity index (χ4n) is 8.08. The number of rotatable bonds is 44. The number of ether oxygens (including phenoxy) is 3. The van der Waals surface area contributed by atoms with E-state index in [1.54, 1.807) is 12.2 Å². The second-order valence-electron chi connectivity index (χ2n) is 18.6. The van der Waals surface area contributed by atoms with Gasteiger partial charge in [-0.2, -0.15) is 0 Å². The molecule has 67 heavy (non-hydrogen) atoms. The number of aliphatic hydroxyl groups excluding tert-OH is 5. The maximum absolute atomic E-state index is 13.3. The number of amides is 1. The fourth-order valence-corrected chi connectivity index (χ4v) is 8.08. The molecular formula is C56H99NO10. The molecule has 1 rings (SSSR count). The summed E-state index contributed by atoms with van der Waals surface area (Å²) in [4.78, 5) is 26.3. The highest BCUT2D eigenvalue weighted by atomic mass is 16.7. The third-order valence-electron chi connectivity index (χ3n) is 12.4. The molecule has 11 nitrogen and oxygen atoms in total. The van der Waals surface area contributed by atoms with Crippen molar-refractivity contribution >= 4 is 11.9 Å². The summed E-state index contributed by atoms with van der Waals surface area (Å²) in [7, 11) is 0. The van der Waals surface area contributed by atoms with Crippen LogP contribution in [0, 0.1) is 0 Å². The van der Waals surface area contributed by atoms with Crippen LogP contribution in [0.1, 0.15) is 220 Å². The van der Waals surface area contributed by atoms with Crippen LogP contribution < -0.4 is 5.32 Å². The van der Waals surface area contributed by atoms with Crippen molar-refractivity contribution in [3.05, 3.63) is 60.8 Å². The second kappa shape index (κ2) is 44.6. The van der Waals surface area contributed by atoms with Crippen molar-refractivity contribution in [1.29, 1.82) is 0 Å². The smallest absolute Gasteiger partial charge is 0.306 e. The number of carbonyl (C=O) groups is 2. The number of unbranched alkanes of at least 4 members (excludes halogenated alkanes) is 23. The van der Waals surface area contributed by atoms with Gasteiger partial charge >= 0.3 is 5.97 Å². The minimum Gasteiger partial charge on any atom is -0.454 e. The highest BCUT2D eigenvalue weighted by Crippen LogP contribution is 2.26. The van der Waals surface area contributed by atoms with E-state index in [9.17, 15) is 35.1 Å². The average Bonchev–Trinajstić information content (AvgIpc) is 3.32. The molecular weight excluding hydrogens is 847 g/mol. The predicted molar refractivity (Wildman–Crippen MR) is 273 cm³/mol. The summed E-state index contributed by atoms with van der Waals surface area (Å²) in [5.74, 6) is -1.28. The molecule has 0 spiro atoms. The Morgan fingerprint density at radius 3 is 1.60 bits per heavy atom. The molecule has 388 valence electrons. The molecule has 0 aromatic carbocycles. The number of aliphatic hydroxyl groups is 5. The van der Waals surface area contributed by atoms with Crippen LogP contribution in [-0.2, 0) is 23.8 Å². The lowest BCUT2D eigenvalue weighted by molar-refractivity contribution is -0.305. The molecule has 11 heteroatoms. The summed E-state index contributed by atoms with van der Waals surface area (Å²) in [6.07, 6.45) is 42.9. The van der Waals surface area contributed by atoms with E-state index in [1.807, 2.05) is 12.2 Å². The minimum atomic E-state index is -1.62. The topological polar surface area (TPSA) is 175 Å². The summed E-state index contributed by atoms with van der Waals surface area (Å²) in [5, 5.41) is 56.5. The van der Waals surface area contributed by atoms with Crippen molar-refractivity contribution in [3.8, 4) is 0 Å². The summed E-state index contributed by atoms with van der Waals surface area (Å²) in [6.45, 7) is 5.60. The van der Waals surface area contributed by atoms with Gasteiger partial charge in [-0.1, -0.05) is 204 Å². The van der Waals surface area contributed by atoms with E-state index in [2.05, 4.69) is 62.5 Å². The van der Waals surface area contributed by atoms with Crippen LogP contribution in [0.15, 0.2) is 60.8 Å². The molecule has 8 atom stereocenters. The first-order chi connectivity index (χ1) is 32.7. The van der Waals surface area contributed by atoms with Crippen molar-refractivity contribution in [2.75, 3.05) is 13.2 Å². The van der Waals surface area contributed by atoms with Gasteiger partial charge in [0.25, 0.3) is 0 Å². The lowest BCUT2D eigenvalue weighted by atomic mass is 9.99. The molecule has 0 aromatic heterocycles. The molecule has 0 bridgehead atoms. The molecule has 6 N–H and O–H groups in total. The van der Waals surface area contributed by atoms with Gasteiger partial charge in [-0.05, 0) is 64.2 Å². The average molecular weight is 946 g/mol. The molecule has 0 aromatic rings. The number of carbonyl (C=O) groups excluding carboxylic acids is 2. The first-order valence-electron chi connectivity index (χ1n) is 27.1. The third-order valence-corrected chi connectivity index (χ3v) is 12.4. The number of hydrogen-bond acceptors (Lipinski definition) is 10. The van der Waals surface area contributed by atoms with Crippen LogP contribution in [0.25, 0.3) is 0 Å². The maximum atomic E-state index is 13.3. The lowest BCUT2D eigenvalue weighted by Crippen LogP contribution is -2.61. The standard InChI is InChI=1S/C56H99NO10/c1-4-7-10-13-16-19-22-25-26-29-32-35-38-41-44-51(61)67-54-53(63)52(62)50(45-58)66-56(54)65-46-47(48(59)42-39-36-33-30-27-23-20-17-14-11-8-5-2)57-55(64)49(60)43-40-37-34-31-28-24-21-18-15-12-9-6-3/h7,10,16,19,28,31,37,39-40,42,47-50,52-54,56,58-60,62-63H,4-6,8-9,11-15,17-18,20-27,29-30,32-36,38,41,43-46H2,1-3H3,(H,57,64)/b10-7+,19-16+,31-28-,40-37+,42-39+. The Morgan fingerprint density at radius 2 is 1.07 bits per heavy atom. The van der Waals surface area contributed by atoms with Crippen LogP contribution >= 0.6 is 0 Å². The van der Waals surface area contributed by atoms with Gasteiger partial charge in [-0.3, -0.25) is 9.59 Å². The number of hydrogen-bond donors (Lipinski definition) is 6. The highest BCUT2D eigenvalue weighted by Gasteiger charge is 2.47. The molecule has 0 radical (unpaired) electrons. The highest BCUT2D eigenvalue weighted by molar-refractivity contribution is 5.81. The molecule has 1 heterocycles. The van der Waals surface area contributed by atoms with Crippen LogP contribution in [0.4, 0.5) is 0 Å². The molecule has 0 aliphatic carbocycles. The van der Waals surface area contributed by atoms with Crippen molar-refractivity contribution in [2.24, 2.45) is 0 Å². The molecule has 8 unspecified atom stereocenters. The van der Waals surface area contributed by atoms with Gasteiger partial charge in [-0.15, -0.1) is 0 Å². The molecule has 1 fully saturated rings. The van der Waals surface area contributed by atoms with E-state index in [-0.39, 0.29) is 19.4 Å². The maximum Gasteiger partial charge on any atom is 0.306 e. The Morgan fingerprint density at radius 1 is 0.597 bits per heavy atom. The summed E-state index contributed by atoms with van der Waals surface area (Å²) < 4.78 is 17.5. The van der Waals surface area contributed by atoms with Gasteiger partial charge in [0.1, 0.15) is 24.4 Å². The predicted octanol–water partition coefficient (Wildman–Crippen LogP) is 11.5. The second-order valence-corrected chi connectivity index (χ2v) is 18.6. The van der Waals surface area contributed by atoms with Crippen molar-refractivity contribution < 1.29 is 49.3 Å². The van der Waals surface area contributed by atoms with E-state index in [0.29, 0.717) is 12.8 Å². The molecule has 1 saturated heterocycles. The van der Waals surface area contributed by atoms with E-state index < -0.39 is 67.4 Å². The SMILES string of the molecule is CC/C=C/C/C=C/CCCCCCCCCC(=O)OC1C(OCC(NC(=O)C(O)C/C=C/C/C=C\CCCCCCCC)C(O)/C=C/CCCCCCCCCCCC)OC(CO)C(O)C1O. The summed E-state index contributed by atoms with van der Waals surface area (Å²) in [5.41, 5.74) is 0. The minimum absolute atomic E-state index is 0.0802. The van der Waals surface area contributed by atoms with Gasteiger partial charge in [-0.25, -0.2) is 0 Å². The van der Waals surface area contributed by atoms with Gasteiger partial charge in [0.2, 0.25) is 5.91 Å². The Hall–Kier alpha value is -2.64. The monoisotopic (exact) mass is 946 g/mol. The normalized spacial score (nSPS) is 20.5. The number of esters is 1. The number of nitrogens with one attached hydrogen (secondary N) is 1. The zero-order valence-electron chi connectivity index (χ0n) is 42.5. The van der Waals surface area contributed by atoms with Gasteiger partial charge in [0, 0.05) is 12.8 Å². The van der Waals surface area contributed by atoms with Crippen LogP contribution in [0.2, 0.25) is 0 Å². The van der Waals surface area contributed by atoms with Crippen molar-refractivity contribution in [1.82, 2.24) is 5.32 Å². The van der Waals surface area contributed by atoms with Crippen molar-refractivity contribution in [3.63, 3.8) is 0 Å². The lowest BCUT2D eigenvalue weighted by Gasteiger charge is -2.41. The largest absolute Gasteiger partial charge is 0.454 e.